The molecule has 3 aromatic rings. The maximum absolute atomic E-state index is 11.1. The number of primary amides is 1. The van der Waals surface area contributed by atoms with Gasteiger partial charge in [0.15, 0.2) is 0 Å². The Morgan fingerprint density at radius 1 is 0.920 bits per heavy atom. The van der Waals surface area contributed by atoms with Crippen molar-refractivity contribution in [3.05, 3.63) is 95.1 Å². The Hall–Kier alpha value is -3.11. The van der Waals surface area contributed by atoms with Crippen molar-refractivity contribution in [2.24, 2.45) is 11.5 Å². The van der Waals surface area contributed by atoms with E-state index in [1.807, 2.05) is 55.5 Å². The second-order valence-electron chi connectivity index (χ2n) is 5.90. The summed E-state index contributed by atoms with van der Waals surface area (Å²) in [5, 5.41) is 0. The molecule has 1 amide bonds. The zero-order chi connectivity index (χ0) is 17.8. The lowest BCUT2D eigenvalue weighted by Crippen LogP contribution is -2.11. The van der Waals surface area contributed by atoms with Gasteiger partial charge in [0.25, 0.3) is 0 Å². The minimum absolute atomic E-state index is 0.177. The van der Waals surface area contributed by atoms with Gasteiger partial charge in [-0.05, 0) is 53.9 Å². The first-order chi connectivity index (χ1) is 12.0. The summed E-state index contributed by atoms with van der Waals surface area (Å²) in [6, 6.07) is 22.5. The third kappa shape index (κ3) is 3.87. The second kappa shape index (κ2) is 7.20. The van der Waals surface area contributed by atoms with Crippen LogP contribution < -0.4 is 16.2 Å². The first-order valence-electron chi connectivity index (χ1n) is 8.03. The minimum Gasteiger partial charge on any atom is -0.457 e. The molecule has 1 atom stereocenters. The first-order valence-corrected chi connectivity index (χ1v) is 8.03. The molecule has 0 radical (unpaired) electrons. The summed E-state index contributed by atoms with van der Waals surface area (Å²) in [7, 11) is 0. The molecule has 126 valence electrons. The average molecular weight is 332 g/mol. The predicted molar refractivity (Wildman–Crippen MR) is 98.7 cm³/mol. The van der Waals surface area contributed by atoms with Gasteiger partial charge in [0.1, 0.15) is 11.5 Å². The van der Waals surface area contributed by atoms with Crippen molar-refractivity contribution in [1.82, 2.24) is 0 Å². The minimum atomic E-state index is -0.456. The standard InChI is InChI=1S/C21H20N2O2/c1-14-13-17(20(22)15-5-3-2-4-6-15)9-12-19(14)25-18-10-7-16(8-11-18)21(23)24/h2-13,20H,22H2,1H3,(H2,23,24). The Morgan fingerprint density at radius 2 is 1.60 bits per heavy atom. The summed E-state index contributed by atoms with van der Waals surface area (Å²) in [6.07, 6.45) is 0. The Kier molecular flexibility index (Phi) is 4.82. The number of amides is 1. The van der Waals surface area contributed by atoms with Crippen LogP contribution in [0.5, 0.6) is 11.5 Å². The first kappa shape index (κ1) is 16.7. The lowest BCUT2D eigenvalue weighted by Gasteiger charge is -2.15. The molecule has 4 heteroatoms. The quantitative estimate of drug-likeness (QED) is 0.743. The smallest absolute Gasteiger partial charge is 0.248 e. The highest BCUT2D eigenvalue weighted by Gasteiger charge is 2.11. The number of hydrogen-bond donors (Lipinski definition) is 2. The predicted octanol–water partition coefficient (Wildman–Crippen LogP) is 3.93. The van der Waals surface area contributed by atoms with Crippen LogP contribution in [0, 0.1) is 6.92 Å². The molecule has 0 aliphatic carbocycles. The molecule has 4 nitrogen and oxygen atoms in total. The van der Waals surface area contributed by atoms with Crippen LogP contribution >= 0.6 is 0 Å². The molecule has 25 heavy (non-hydrogen) atoms. The number of aryl methyl sites for hydroxylation is 1. The fourth-order valence-electron chi connectivity index (χ4n) is 2.65. The molecule has 0 aliphatic rings. The van der Waals surface area contributed by atoms with E-state index in [-0.39, 0.29) is 6.04 Å². The molecule has 0 saturated carbocycles. The summed E-state index contributed by atoms with van der Waals surface area (Å²) in [5.41, 5.74) is 15.1. The van der Waals surface area contributed by atoms with E-state index < -0.39 is 5.91 Å². The normalized spacial score (nSPS) is 11.8. The van der Waals surface area contributed by atoms with Gasteiger partial charge in [-0.1, -0.05) is 42.5 Å². The van der Waals surface area contributed by atoms with E-state index in [1.165, 1.54) is 0 Å². The van der Waals surface area contributed by atoms with E-state index in [1.54, 1.807) is 24.3 Å². The lowest BCUT2D eigenvalue weighted by molar-refractivity contribution is 0.100. The van der Waals surface area contributed by atoms with Crippen LogP contribution in [0.1, 0.15) is 33.1 Å². The van der Waals surface area contributed by atoms with Crippen molar-refractivity contribution in [1.29, 1.82) is 0 Å². The van der Waals surface area contributed by atoms with Crippen LogP contribution in [0.4, 0.5) is 0 Å². The van der Waals surface area contributed by atoms with Crippen LogP contribution in [-0.2, 0) is 0 Å². The highest BCUT2D eigenvalue weighted by Crippen LogP contribution is 2.29. The van der Waals surface area contributed by atoms with Crippen molar-refractivity contribution in [3.8, 4) is 11.5 Å². The monoisotopic (exact) mass is 332 g/mol. The fourth-order valence-corrected chi connectivity index (χ4v) is 2.65. The van der Waals surface area contributed by atoms with Gasteiger partial charge in [-0.3, -0.25) is 4.79 Å². The van der Waals surface area contributed by atoms with Gasteiger partial charge in [0.2, 0.25) is 5.91 Å². The van der Waals surface area contributed by atoms with Crippen LogP contribution in [-0.4, -0.2) is 5.91 Å². The second-order valence-corrected chi connectivity index (χ2v) is 5.90. The molecular formula is C21H20N2O2. The van der Waals surface area contributed by atoms with Crippen molar-refractivity contribution >= 4 is 5.91 Å². The SMILES string of the molecule is Cc1cc(C(N)c2ccccc2)ccc1Oc1ccc(C(N)=O)cc1. The Morgan fingerprint density at radius 3 is 2.20 bits per heavy atom. The summed E-state index contributed by atoms with van der Waals surface area (Å²) >= 11 is 0. The maximum Gasteiger partial charge on any atom is 0.248 e. The van der Waals surface area contributed by atoms with Gasteiger partial charge >= 0.3 is 0 Å². The highest BCUT2D eigenvalue weighted by atomic mass is 16.5. The molecule has 0 fully saturated rings. The molecule has 4 N–H and O–H groups in total. The number of hydrogen-bond acceptors (Lipinski definition) is 3. The summed E-state index contributed by atoms with van der Waals surface area (Å²) in [4.78, 5) is 11.1. The number of ether oxygens (including phenoxy) is 1. The van der Waals surface area contributed by atoms with E-state index in [0.29, 0.717) is 11.3 Å². The molecular weight excluding hydrogens is 312 g/mol. The summed E-state index contributed by atoms with van der Waals surface area (Å²) in [6.45, 7) is 1.98. The van der Waals surface area contributed by atoms with E-state index in [0.717, 1.165) is 22.4 Å². The molecule has 1 unspecified atom stereocenters. The van der Waals surface area contributed by atoms with Gasteiger partial charge in [0, 0.05) is 5.56 Å². The maximum atomic E-state index is 11.1. The molecule has 0 heterocycles. The molecule has 0 spiro atoms. The van der Waals surface area contributed by atoms with Crippen LogP contribution in [0.15, 0.2) is 72.8 Å². The fraction of sp³-hybridized carbons (Fsp3) is 0.0952. The van der Waals surface area contributed by atoms with Gasteiger partial charge < -0.3 is 16.2 Å². The van der Waals surface area contributed by atoms with Gasteiger partial charge in [-0.25, -0.2) is 0 Å². The van der Waals surface area contributed by atoms with E-state index in [2.05, 4.69) is 0 Å². The Labute approximate surface area is 147 Å². The van der Waals surface area contributed by atoms with Crippen molar-refractivity contribution in [2.45, 2.75) is 13.0 Å². The highest BCUT2D eigenvalue weighted by molar-refractivity contribution is 5.92. The van der Waals surface area contributed by atoms with Gasteiger partial charge in [-0.15, -0.1) is 0 Å². The molecule has 0 bridgehead atoms. The van der Waals surface area contributed by atoms with Crippen LogP contribution in [0.3, 0.4) is 0 Å². The van der Waals surface area contributed by atoms with Crippen molar-refractivity contribution in [2.75, 3.05) is 0 Å². The summed E-state index contributed by atoms with van der Waals surface area (Å²) < 4.78 is 5.89. The number of carbonyl (C=O) groups excluding carboxylic acids is 1. The van der Waals surface area contributed by atoms with E-state index in [9.17, 15) is 4.79 Å². The third-order valence-electron chi connectivity index (χ3n) is 4.08. The molecule has 0 aromatic heterocycles. The zero-order valence-corrected chi connectivity index (χ0v) is 14.0. The number of carbonyl (C=O) groups is 1. The molecule has 3 rings (SSSR count). The third-order valence-corrected chi connectivity index (χ3v) is 4.08. The number of nitrogens with two attached hydrogens (primary N) is 2. The Bertz CT molecular complexity index is 874. The van der Waals surface area contributed by atoms with E-state index >= 15 is 0 Å². The number of benzene rings is 3. The lowest BCUT2D eigenvalue weighted by atomic mass is 9.98. The molecule has 0 aliphatic heterocycles. The van der Waals surface area contributed by atoms with Crippen molar-refractivity contribution in [3.63, 3.8) is 0 Å². The van der Waals surface area contributed by atoms with Crippen molar-refractivity contribution < 1.29 is 9.53 Å². The van der Waals surface area contributed by atoms with Crippen LogP contribution in [0.2, 0.25) is 0 Å². The van der Waals surface area contributed by atoms with Crippen LogP contribution in [0.25, 0.3) is 0 Å². The molecule has 3 aromatic carbocycles. The van der Waals surface area contributed by atoms with E-state index in [4.69, 9.17) is 16.2 Å². The Balaban J connectivity index is 1.79. The van der Waals surface area contributed by atoms with Gasteiger partial charge in [0.05, 0.1) is 6.04 Å². The zero-order valence-electron chi connectivity index (χ0n) is 14.0. The summed E-state index contributed by atoms with van der Waals surface area (Å²) in [5.74, 6) is 0.936. The average Bonchev–Trinajstić information content (AvgIpc) is 2.64. The number of rotatable bonds is 5. The topological polar surface area (TPSA) is 78.3 Å². The largest absolute Gasteiger partial charge is 0.457 e. The van der Waals surface area contributed by atoms with Gasteiger partial charge in [-0.2, -0.15) is 0 Å². The molecule has 0 saturated heterocycles.